The van der Waals surface area contributed by atoms with E-state index in [2.05, 4.69) is 36.3 Å². The number of nitrogens with one attached hydrogen (secondary N) is 1. The van der Waals surface area contributed by atoms with Crippen molar-refractivity contribution in [1.82, 2.24) is 24.8 Å². The molecule has 0 radical (unpaired) electrons. The van der Waals surface area contributed by atoms with Gasteiger partial charge in [0, 0.05) is 38.6 Å². The molecule has 0 bridgehead atoms. The largest absolute Gasteiger partial charge is 0.351 e. The van der Waals surface area contributed by atoms with E-state index in [-0.39, 0.29) is 0 Å². The zero-order chi connectivity index (χ0) is 16.2. The lowest BCUT2D eigenvalue weighted by Crippen LogP contribution is -2.38. The molecule has 0 spiro atoms. The summed E-state index contributed by atoms with van der Waals surface area (Å²) in [4.78, 5) is 15.7. The lowest BCUT2D eigenvalue weighted by molar-refractivity contribution is 0.470. The van der Waals surface area contributed by atoms with Crippen LogP contribution in [0.1, 0.15) is 35.1 Å². The van der Waals surface area contributed by atoms with Crippen molar-refractivity contribution in [3.8, 4) is 0 Å². The second kappa shape index (κ2) is 7.12. The standard InChI is InChI=1S/C16H24N6S/c1-12-19-14(11-23-12)9-21(3)16(17-2)18-8-13-10-22-7-5-4-6-15(22)20-13/h10-11H,4-9H2,1-3H3,(H,17,18). The van der Waals surface area contributed by atoms with Crippen LogP contribution in [-0.2, 0) is 26.1 Å². The fourth-order valence-electron chi connectivity index (χ4n) is 2.91. The average molecular weight is 332 g/mol. The molecule has 2 aromatic rings. The molecule has 0 saturated carbocycles. The topological polar surface area (TPSA) is 58.3 Å². The maximum absolute atomic E-state index is 4.72. The van der Waals surface area contributed by atoms with Crippen LogP contribution in [0.3, 0.4) is 0 Å². The molecule has 2 aromatic heterocycles. The Morgan fingerprint density at radius 2 is 2.26 bits per heavy atom. The van der Waals surface area contributed by atoms with Crippen LogP contribution in [-0.4, -0.2) is 39.5 Å². The van der Waals surface area contributed by atoms with Gasteiger partial charge in [0.15, 0.2) is 5.96 Å². The Bertz CT molecular complexity index is 663. The van der Waals surface area contributed by atoms with Crippen LogP contribution in [0.2, 0.25) is 0 Å². The molecule has 7 heteroatoms. The van der Waals surface area contributed by atoms with Gasteiger partial charge in [0.2, 0.25) is 0 Å². The first-order valence-electron chi connectivity index (χ1n) is 8.03. The minimum Gasteiger partial charge on any atom is -0.351 e. The van der Waals surface area contributed by atoms with Crippen LogP contribution >= 0.6 is 11.3 Å². The summed E-state index contributed by atoms with van der Waals surface area (Å²) < 4.78 is 2.28. The minimum atomic E-state index is 0.701. The lowest BCUT2D eigenvalue weighted by atomic mass is 10.2. The summed E-state index contributed by atoms with van der Waals surface area (Å²) in [7, 11) is 3.84. The van der Waals surface area contributed by atoms with Gasteiger partial charge in [0.25, 0.3) is 0 Å². The smallest absolute Gasteiger partial charge is 0.194 e. The normalized spacial score (nSPS) is 14.7. The van der Waals surface area contributed by atoms with Crippen LogP contribution in [0, 0.1) is 6.92 Å². The van der Waals surface area contributed by atoms with E-state index in [4.69, 9.17) is 4.98 Å². The highest BCUT2D eigenvalue weighted by Crippen LogP contribution is 2.14. The van der Waals surface area contributed by atoms with Gasteiger partial charge in [-0.05, 0) is 19.8 Å². The van der Waals surface area contributed by atoms with Gasteiger partial charge in [0.1, 0.15) is 5.82 Å². The number of aryl methyl sites for hydroxylation is 3. The van der Waals surface area contributed by atoms with Crippen molar-refractivity contribution < 1.29 is 0 Å². The van der Waals surface area contributed by atoms with Gasteiger partial charge in [0.05, 0.1) is 29.5 Å². The molecule has 0 unspecified atom stereocenters. The molecular weight excluding hydrogens is 308 g/mol. The van der Waals surface area contributed by atoms with E-state index in [1.165, 1.54) is 18.7 Å². The Kier molecular flexibility index (Phi) is 4.95. The molecule has 1 aliphatic rings. The summed E-state index contributed by atoms with van der Waals surface area (Å²) in [6.07, 6.45) is 5.77. The Morgan fingerprint density at radius 1 is 1.39 bits per heavy atom. The SMILES string of the molecule is CN=C(NCc1cn2c(n1)CCCC2)N(C)Cc1csc(C)n1. The zero-order valence-corrected chi connectivity index (χ0v) is 14.9. The molecule has 0 aliphatic carbocycles. The molecule has 1 aliphatic heterocycles. The summed E-state index contributed by atoms with van der Waals surface area (Å²) in [5.74, 6) is 2.08. The number of fused-ring (bicyclic) bond motifs is 1. The zero-order valence-electron chi connectivity index (χ0n) is 14.0. The quantitative estimate of drug-likeness (QED) is 0.689. The summed E-state index contributed by atoms with van der Waals surface area (Å²) >= 11 is 1.68. The van der Waals surface area contributed by atoms with Crippen LogP contribution in [0.5, 0.6) is 0 Å². The Labute approximate surface area is 141 Å². The highest BCUT2D eigenvalue weighted by molar-refractivity contribution is 7.09. The summed E-state index contributed by atoms with van der Waals surface area (Å²) in [6.45, 7) is 4.58. The number of nitrogens with zero attached hydrogens (tertiary/aromatic N) is 5. The number of rotatable bonds is 4. The molecule has 23 heavy (non-hydrogen) atoms. The lowest BCUT2D eigenvalue weighted by Gasteiger charge is -2.20. The van der Waals surface area contributed by atoms with Crippen molar-refractivity contribution in [2.24, 2.45) is 4.99 Å². The highest BCUT2D eigenvalue weighted by atomic mass is 32.1. The monoisotopic (exact) mass is 332 g/mol. The first-order valence-corrected chi connectivity index (χ1v) is 8.91. The van der Waals surface area contributed by atoms with Crippen LogP contribution in [0.25, 0.3) is 0 Å². The molecule has 6 nitrogen and oxygen atoms in total. The molecule has 124 valence electrons. The van der Waals surface area contributed by atoms with Crippen LogP contribution in [0.15, 0.2) is 16.6 Å². The van der Waals surface area contributed by atoms with Gasteiger partial charge in [-0.1, -0.05) is 0 Å². The Morgan fingerprint density at radius 3 is 2.96 bits per heavy atom. The number of thiazole rings is 1. The van der Waals surface area contributed by atoms with Crippen molar-refractivity contribution in [2.45, 2.75) is 45.8 Å². The molecule has 3 rings (SSSR count). The molecule has 0 saturated heterocycles. The second-order valence-corrected chi connectivity index (χ2v) is 6.98. The summed E-state index contributed by atoms with van der Waals surface area (Å²) in [6, 6.07) is 0. The van der Waals surface area contributed by atoms with Crippen LogP contribution in [0.4, 0.5) is 0 Å². The van der Waals surface area contributed by atoms with E-state index in [1.807, 2.05) is 21.0 Å². The van der Waals surface area contributed by atoms with Crippen molar-refractivity contribution >= 4 is 17.3 Å². The number of hydrogen-bond donors (Lipinski definition) is 1. The van der Waals surface area contributed by atoms with E-state index in [9.17, 15) is 0 Å². The predicted molar refractivity (Wildman–Crippen MR) is 93.7 cm³/mol. The van der Waals surface area contributed by atoms with Crippen LogP contribution < -0.4 is 5.32 Å². The first-order chi connectivity index (χ1) is 11.2. The van der Waals surface area contributed by atoms with Crippen molar-refractivity contribution in [3.63, 3.8) is 0 Å². The summed E-state index contributed by atoms with van der Waals surface area (Å²) in [5.41, 5.74) is 2.16. The van der Waals surface area contributed by atoms with Crippen molar-refractivity contribution in [1.29, 1.82) is 0 Å². The molecule has 3 heterocycles. The molecule has 0 aromatic carbocycles. The van der Waals surface area contributed by atoms with E-state index in [0.717, 1.165) is 41.9 Å². The fourth-order valence-corrected chi connectivity index (χ4v) is 3.51. The number of hydrogen-bond acceptors (Lipinski definition) is 4. The van der Waals surface area contributed by atoms with Crippen molar-refractivity contribution in [3.05, 3.63) is 33.8 Å². The van der Waals surface area contributed by atoms with Gasteiger partial charge in [-0.2, -0.15) is 0 Å². The van der Waals surface area contributed by atoms with Crippen molar-refractivity contribution in [2.75, 3.05) is 14.1 Å². The predicted octanol–water partition coefficient (Wildman–Crippen LogP) is 2.19. The molecule has 0 amide bonds. The molecular formula is C16H24N6S. The number of aliphatic imine (C=N–C) groups is 1. The third kappa shape index (κ3) is 3.90. The maximum atomic E-state index is 4.72. The Hall–Kier alpha value is -1.89. The summed E-state index contributed by atoms with van der Waals surface area (Å²) in [5, 5.41) is 6.59. The fraction of sp³-hybridized carbons (Fsp3) is 0.562. The third-order valence-electron chi connectivity index (χ3n) is 4.03. The highest BCUT2D eigenvalue weighted by Gasteiger charge is 2.13. The number of imidazole rings is 1. The number of aromatic nitrogens is 3. The number of guanidine groups is 1. The van der Waals surface area contributed by atoms with E-state index in [0.29, 0.717) is 6.54 Å². The van der Waals surface area contributed by atoms with E-state index in [1.54, 1.807) is 11.3 Å². The molecule has 0 fully saturated rings. The van der Waals surface area contributed by atoms with E-state index >= 15 is 0 Å². The average Bonchev–Trinajstić information content (AvgIpc) is 3.13. The van der Waals surface area contributed by atoms with Gasteiger partial charge in [-0.3, -0.25) is 4.99 Å². The molecule has 0 atom stereocenters. The second-order valence-electron chi connectivity index (χ2n) is 5.91. The van der Waals surface area contributed by atoms with Gasteiger partial charge < -0.3 is 14.8 Å². The minimum absolute atomic E-state index is 0.701. The van der Waals surface area contributed by atoms with E-state index < -0.39 is 0 Å². The third-order valence-corrected chi connectivity index (χ3v) is 4.85. The maximum Gasteiger partial charge on any atom is 0.194 e. The Balaban J connectivity index is 1.57. The van der Waals surface area contributed by atoms with Gasteiger partial charge in [-0.25, -0.2) is 9.97 Å². The van der Waals surface area contributed by atoms with Gasteiger partial charge in [-0.15, -0.1) is 11.3 Å². The molecule has 1 N–H and O–H groups in total. The first kappa shape index (κ1) is 16.0. The van der Waals surface area contributed by atoms with Gasteiger partial charge >= 0.3 is 0 Å².